The third-order valence-corrected chi connectivity index (χ3v) is 2.36. The Kier molecular flexibility index (Phi) is 3.08. The molecular formula is C7H15N3S. The fourth-order valence-electron chi connectivity index (χ4n) is 1.10. The molecule has 0 radical (unpaired) electrons. The Bertz CT molecular complexity index is 141. The van der Waals surface area contributed by atoms with Gasteiger partial charge in [-0.15, -0.1) is 0 Å². The highest BCUT2D eigenvalue weighted by Crippen LogP contribution is 2.06. The van der Waals surface area contributed by atoms with Crippen LogP contribution in [0.4, 0.5) is 0 Å². The lowest BCUT2D eigenvalue weighted by molar-refractivity contribution is 0.211. The van der Waals surface area contributed by atoms with E-state index in [-0.39, 0.29) is 0 Å². The monoisotopic (exact) mass is 173 g/mol. The Morgan fingerprint density at radius 1 is 1.73 bits per heavy atom. The molecule has 1 fully saturated rings. The van der Waals surface area contributed by atoms with Crippen molar-refractivity contribution >= 4 is 17.3 Å². The zero-order valence-corrected chi connectivity index (χ0v) is 7.87. The molecule has 0 saturated carbocycles. The van der Waals surface area contributed by atoms with Gasteiger partial charge in [-0.2, -0.15) is 0 Å². The Hall–Kier alpha value is -0.350. The van der Waals surface area contributed by atoms with Gasteiger partial charge in [-0.25, -0.2) is 5.43 Å². The van der Waals surface area contributed by atoms with Crippen LogP contribution in [0.15, 0.2) is 0 Å². The summed E-state index contributed by atoms with van der Waals surface area (Å²) in [5.41, 5.74) is 3.25. The van der Waals surface area contributed by atoms with Crippen LogP contribution in [-0.4, -0.2) is 30.3 Å². The summed E-state index contributed by atoms with van der Waals surface area (Å²) in [6, 6.07) is 0. The highest BCUT2D eigenvalue weighted by Gasteiger charge is 2.15. The first-order chi connectivity index (χ1) is 5.24. The molecule has 2 N–H and O–H groups in total. The van der Waals surface area contributed by atoms with Gasteiger partial charge in [0, 0.05) is 20.1 Å². The van der Waals surface area contributed by atoms with Crippen LogP contribution in [0, 0.1) is 5.92 Å². The number of hydrogen-bond acceptors (Lipinski definition) is 2. The predicted octanol–water partition coefficient (Wildman–Crippen LogP) is 0.337. The van der Waals surface area contributed by atoms with Crippen LogP contribution in [0.2, 0.25) is 0 Å². The van der Waals surface area contributed by atoms with Gasteiger partial charge in [0.25, 0.3) is 0 Å². The molecule has 0 aromatic heterocycles. The van der Waals surface area contributed by atoms with Crippen LogP contribution in [0.1, 0.15) is 13.3 Å². The molecule has 3 nitrogen and oxygen atoms in total. The van der Waals surface area contributed by atoms with Crippen molar-refractivity contribution < 1.29 is 0 Å². The van der Waals surface area contributed by atoms with Crippen LogP contribution in [0.5, 0.6) is 0 Å². The lowest BCUT2D eigenvalue weighted by atomic mass is 10.1. The van der Waals surface area contributed by atoms with Crippen molar-refractivity contribution in [2.24, 2.45) is 5.92 Å². The van der Waals surface area contributed by atoms with Crippen molar-refractivity contribution in [1.82, 2.24) is 15.8 Å². The number of hydrazine groups is 1. The van der Waals surface area contributed by atoms with Crippen LogP contribution >= 0.6 is 12.2 Å². The smallest absolute Gasteiger partial charge is 0.183 e. The molecule has 1 rings (SSSR count). The summed E-state index contributed by atoms with van der Waals surface area (Å²) in [5.74, 6) is 0.769. The van der Waals surface area contributed by atoms with E-state index >= 15 is 0 Å². The molecule has 11 heavy (non-hydrogen) atoms. The molecule has 1 atom stereocenters. The zero-order chi connectivity index (χ0) is 8.27. The Labute approximate surface area is 73.1 Å². The quantitative estimate of drug-likeness (QED) is 0.517. The number of hydrogen-bond donors (Lipinski definition) is 2. The third-order valence-electron chi connectivity index (χ3n) is 1.94. The number of nitrogens with one attached hydrogen (secondary N) is 2. The average Bonchev–Trinajstić information content (AvgIpc) is 2.05. The molecule has 1 heterocycles. The SMILES string of the molecule is CNC(=S)N1CCC(C)CN1. The highest BCUT2D eigenvalue weighted by molar-refractivity contribution is 7.80. The molecule has 0 aromatic carbocycles. The van der Waals surface area contributed by atoms with E-state index in [4.69, 9.17) is 12.2 Å². The summed E-state index contributed by atoms with van der Waals surface area (Å²) in [7, 11) is 1.85. The maximum Gasteiger partial charge on any atom is 0.183 e. The molecule has 0 aromatic rings. The zero-order valence-electron chi connectivity index (χ0n) is 7.05. The predicted molar refractivity (Wildman–Crippen MR) is 50.1 cm³/mol. The molecular weight excluding hydrogens is 158 g/mol. The van der Waals surface area contributed by atoms with Gasteiger partial charge in [-0.3, -0.25) is 5.01 Å². The molecule has 1 aliphatic heterocycles. The second-order valence-electron chi connectivity index (χ2n) is 2.96. The summed E-state index contributed by atoms with van der Waals surface area (Å²) in [6.45, 7) is 4.29. The average molecular weight is 173 g/mol. The van der Waals surface area contributed by atoms with Crippen LogP contribution < -0.4 is 10.7 Å². The minimum atomic E-state index is 0.769. The van der Waals surface area contributed by atoms with Gasteiger partial charge in [-0.05, 0) is 24.6 Å². The van der Waals surface area contributed by atoms with Crippen molar-refractivity contribution in [3.8, 4) is 0 Å². The van der Waals surface area contributed by atoms with Gasteiger partial charge in [0.1, 0.15) is 0 Å². The van der Waals surface area contributed by atoms with Crippen LogP contribution in [0.25, 0.3) is 0 Å². The van der Waals surface area contributed by atoms with Crippen LogP contribution in [0.3, 0.4) is 0 Å². The van der Waals surface area contributed by atoms with Crippen molar-refractivity contribution in [3.63, 3.8) is 0 Å². The van der Waals surface area contributed by atoms with Gasteiger partial charge in [0.2, 0.25) is 0 Å². The summed E-state index contributed by atoms with van der Waals surface area (Å²) in [5, 5.41) is 5.73. The highest BCUT2D eigenvalue weighted by atomic mass is 32.1. The molecule has 0 bridgehead atoms. The molecule has 1 aliphatic rings. The molecule has 0 aliphatic carbocycles. The third kappa shape index (κ3) is 2.31. The maximum atomic E-state index is 5.07. The van der Waals surface area contributed by atoms with Crippen molar-refractivity contribution in [2.45, 2.75) is 13.3 Å². The second-order valence-corrected chi connectivity index (χ2v) is 3.35. The molecule has 64 valence electrons. The molecule has 1 saturated heterocycles. The minimum Gasteiger partial charge on any atom is -0.365 e. The van der Waals surface area contributed by atoms with E-state index in [1.165, 1.54) is 6.42 Å². The van der Waals surface area contributed by atoms with Crippen molar-refractivity contribution in [2.75, 3.05) is 20.1 Å². The van der Waals surface area contributed by atoms with Crippen molar-refractivity contribution in [3.05, 3.63) is 0 Å². The summed E-state index contributed by atoms with van der Waals surface area (Å²) >= 11 is 5.07. The number of nitrogens with zero attached hydrogens (tertiary/aromatic N) is 1. The molecule has 4 heteroatoms. The van der Waals surface area contributed by atoms with Gasteiger partial charge >= 0.3 is 0 Å². The Morgan fingerprint density at radius 3 is 2.91 bits per heavy atom. The second kappa shape index (κ2) is 3.88. The van der Waals surface area contributed by atoms with Gasteiger partial charge in [0.05, 0.1) is 0 Å². The minimum absolute atomic E-state index is 0.769. The number of rotatable bonds is 0. The van der Waals surface area contributed by atoms with E-state index in [0.29, 0.717) is 0 Å². The van der Waals surface area contributed by atoms with Crippen LogP contribution in [-0.2, 0) is 0 Å². The fraction of sp³-hybridized carbons (Fsp3) is 0.857. The van der Waals surface area contributed by atoms with E-state index in [0.717, 1.165) is 24.1 Å². The van der Waals surface area contributed by atoms with E-state index in [1.54, 1.807) is 0 Å². The van der Waals surface area contributed by atoms with Gasteiger partial charge in [-0.1, -0.05) is 6.92 Å². The van der Waals surface area contributed by atoms with E-state index in [9.17, 15) is 0 Å². The lowest BCUT2D eigenvalue weighted by Crippen LogP contribution is -2.52. The lowest BCUT2D eigenvalue weighted by Gasteiger charge is -2.32. The van der Waals surface area contributed by atoms with E-state index in [2.05, 4.69) is 17.7 Å². The van der Waals surface area contributed by atoms with Crippen molar-refractivity contribution in [1.29, 1.82) is 0 Å². The number of thiocarbonyl (C=S) groups is 1. The fourth-order valence-corrected chi connectivity index (χ4v) is 1.26. The summed E-state index contributed by atoms with van der Waals surface area (Å²) in [4.78, 5) is 0. The normalized spacial score (nSPS) is 24.9. The molecule has 0 amide bonds. The van der Waals surface area contributed by atoms with Gasteiger partial charge in [0.15, 0.2) is 5.11 Å². The molecule has 0 spiro atoms. The Balaban J connectivity index is 2.33. The van der Waals surface area contributed by atoms with E-state index < -0.39 is 0 Å². The Morgan fingerprint density at radius 2 is 2.45 bits per heavy atom. The maximum absolute atomic E-state index is 5.07. The summed E-state index contributed by atoms with van der Waals surface area (Å²) in [6.07, 6.45) is 1.22. The molecule has 1 unspecified atom stereocenters. The first-order valence-corrected chi connectivity index (χ1v) is 4.37. The standard InChI is InChI=1S/C7H15N3S/c1-6-3-4-10(9-5-6)7(11)8-2/h6,9H,3-5H2,1-2H3,(H,8,11). The first kappa shape index (κ1) is 8.74. The van der Waals surface area contributed by atoms with E-state index in [1.807, 2.05) is 12.1 Å². The summed E-state index contributed by atoms with van der Waals surface area (Å²) < 4.78 is 0. The topological polar surface area (TPSA) is 27.3 Å². The first-order valence-electron chi connectivity index (χ1n) is 3.96. The largest absolute Gasteiger partial charge is 0.365 e. The van der Waals surface area contributed by atoms with Gasteiger partial charge < -0.3 is 5.32 Å².